The zero-order valence-electron chi connectivity index (χ0n) is 13.0. The van der Waals surface area contributed by atoms with Crippen LogP contribution in [0.25, 0.3) is 0 Å². The first-order chi connectivity index (χ1) is 10.1. The second-order valence-corrected chi connectivity index (χ2v) is 5.83. The molecule has 1 aliphatic heterocycles. The molecule has 1 amide bonds. The van der Waals surface area contributed by atoms with Gasteiger partial charge in [0.2, 0.25) is 5.91 Å². The first-order valence-electron chi connectivity index (χ1n) is 7.78. The number of nitrogens with one attached hydrogen (secondary N) is 1. The zero-order valence-corrected chi connectivity index (χ0v) is 13.0. The van der Waals surface area contributed by atoms with Crippen LogP contribution in [0, 0.1) is 0 Å². The standard InChI is InChI=1S/C17H26N2O2/c1-14(16-6-4-3-5-7-16)8-9-19-10-11-21-17(13-19)12-18-15(2)20/h3-7,14,17H,8-13H2,1-2H3,(H,18,20)/t14-,17+/m1/s1. The molecule has 4 nitrogen and oxygen atoms in total. The second-order valence-electron chi connectivity index (χ2n) is 5.83. The van der Waals surface area contributed by atoms with Crippen LogP contribution in [0.15, 0.2) is 30.3 Å². The van der Waals surface area contributed by atoms with Gasteiger partial charge in [0, 0.05) is 26.6 Å². The Bertz CT molecular complexity index is 436. The van der Waals surface area contributed by atoms with E-state index in [9.17, 15) is 4.79 Å². The highest BCUT2D eigenvalue weighted by atomic mass is 16.5. The lowest BCUT2D eigenvalue weighted by Gasteiger charge is -2.33. The predicted molar refractivity (Wildman–Crippen MR) is 84.3 cm³/mol. The quantitative estimate of drug-likeness (QED) is 0.871. The van der Waals surface area contributed by atoms with Gasteiger partial charge in [0.15, 0.2) is 0 Å². The van der Waals surface area contributed by atoms with E-state index in [4.69, 9.17) is 4.74 Å². The monoisotopic (exact) mass is 290 g/mol. The van der Waals surface area contributed by atoms with Gasteiger partial charge < -0.3 is 10.1 Å². The van der Waals surface area contributed by atoms with Gasteiger partial charge in [0.05, 0.1) is 12.7 Å². The van der Waals surface area contributed by atoms with Crippen LogP contribution in [0.4, 0.5) is 0 Å². The number of rotatable bonds is 6. The normalized spacial score (nSPS) is 21.0. The summed E-state index contributed by atoms with van der Waals surface area (Å²) in [6.45, 7) is 8.16. The van der Waals surface area contributed by atoms with Gasteiger partial charge in [-0.15, -0.1) is 0 Å². The maximum atomic E-state index is 11.0. The molecule has 21 heavy (non-hydrogen) atoms. The summed E-state index contributed by atoms with van der Waals surface area (Å²) in [5.74, 6) is 0.580. The summed E-state index contributed by atoms with van der Waals surface area (Å²) < 4.78 is 5.69. The van der Waals surface area contributed by atoms with Gasteiger partial charge in [-0.25, -0.2) is 0 Å². The summed E-state index contributed by atoms with van der Waals surface area (Å²) >= 11 is 0. The molecule has 1 aromatic carbocycles. The summed E-state index contributed by atoms with van der Waals surface area (Å²) in [4.78, 5) is 13.4. The molecule has 0 spiro atoms. The summed E-state index contributed by atoms with van der Waals surface area (Å²) in [7, 11) is 0. The Morgan fingerprint density at radius 3 is 2.90 bits per heavy atom. The van der Waals surface area contributed by atoms with Crippen molar-refractivity contribution in [1.82, 2.24) is 10.2 Å². The molecule has 0 aliphatic carbocycles. The molecule has 1 fully saturated rings. The summed E-state index contributed by atoms with van der Waals surface area (Å²) in [6, 6.07) is 10.7. The molecule has 1 aromatic rings. The fourth-order valence-electron chi connectivity index (χ4n) is 2.69. The minimum absolute atomic E-state index is 0.00780. The third-order valence-corrected chi connectivity index (χ3v) is 4.05. The minimum atomic E-state index is 0.00780. The molecular weight excluding hydrogens is 264 g/mol. The second kappa shape index (κ2) is 8.15. The third-order valence-electron chi connectivity index (χ3n) is 4.05. The first-order valence-corrected chi connectivity index (χ1v) is 7.78. The summed E-state index contributed by atoms with van der Waals surface area (Å²) in [5.41, 5.74) is 1.40. The lowest BCUT2D eigenvalue weighted by molar-refractivity contribution is -0.120. The van der Waals surface area contributed by atoms with Gasteiger partial charge in [-0.05, 0) is 24.4 Å². The predicted octanol–water partition coefficient (Wildman–Crippen LogP) is 2.02. The van der Waals surface area contributed by atoms with Gasteiger partial charge in [-0.1, -0.05) is 37.3 Å². The average Bonchev–Trinajstić information content (AvgIpc) is 2.52. The van der Waals surface area contributed by atoms with Crippen molar-refractivity contribution in [1.29, 1.82) is 0 Å². The molecule has 1 saturated heterocycles. The Labute approximate surface area is 127 Å². The number of carbonyl (C=O) groups excluding carboxylic acids is 1. The fourth-order valence-corrected chi connectivity index (χ4v) is 2.69. The lowest BCUT2D eigenvalue weighted by Crippen LogP contribution is -2.47. The van der Waals surface area contributed by atoms with E-state index in [-0.39, 0.29) is 12.0 Å². The van der Waals surface area contributed by atoms with Crippen molar-refractivity contribution in [2.45, 2.75) is 32.3 Å². The number of benzene rings is 1. The largest absolute Gasteiger partial charge is 0.374 e. The van der Waals surface area contributed by atoms with Crippen LogP contribution in [0.5, 0.6) is 0 Å². The molecule has 0 radical (unpaired) electrons. The topological polar surface area (TPSA) is 41.6 Å². The van der Waals surface area contributed by atoms with Crippen LogP contribution < -0.4 is 5.32 Å². The molecule has 2 atom stereocenters. The Kier molecular flexibility index (Phi) is 6.21. The van der Waals surface area contributed by atoms with Gasteiger partial charge in [0.1, 0.15) is 0 Å². The number of morpholine rings is 1. The molecule has 1 heterocycles. The molecule has 0 unspecified atom stereocenters. The van der Waals surface area contributed by atoms with Crippen LogP contribution >= 0.6 is 0 Å². The summed E-state index contributed by atoms with van der Waals surface area (Å²) in [5, 5.41) is 2.84. The van der Waals surface area contributed by atoms with Gasteiger partial charge in [0.25, 0.3) is 0 Å². The van der Waals surface area contributed by atoms with Crippen molar-refractivity contribution in [3.8, 4) is 0 Å². The van der Waals surface area contributed by atoms with Crippen LogP contribution in [0.1, 0.15) is 31.7 Å². The number of nitrogens with zero attached hydrogens (tertiary/aromatic N) is 1. The van der Waals surface area contributed by atoms with Gasteiger partial charge in [-0.2, -0.15) is 0 Å². The summed E-state index contributed by atoms with van der Waals surface area (Å²) in [6.07, 6.45) is 1.27. The van der Waals surface area contributed by atoms with E-state index in [1.807, 2.05) is 0 Å². The Morgan fingerprint density at radius 1 is 1.43 bits per heavy atom. The molecule has 0 saturated carbocycles. The maximum Gasteiger partial charge on any atom is 0.216 e. The molecular formula is C17H26N2O2. The van der Waals surface area contributed by atoms with E-state index in [0.29, 0.717) is 12.5 Å². The van der Waals surface area contributed by atoms with Crippen LogP contribution in [-0.4, -0.2) is 49.7 Å². The third kappa shape index (κ3) is 5.48. The van der Waals surface area contributed by atoms with E-state index in [0.717, 1.165) is 32.7 Å². The number of ether oxygens (including phenoxy) is 1. The SMILES string of the molecule is CC(=O)NC[C@H]1CN(CC[C@@H](C)c2ccccc2)CCO1. The molecule has 116 valence electrons. The maximum absolute atomic E-state index is 11.0. The number of hydrogen-bond acceptors (Lipinski definition) is 3. The smallest absolute Gasteiger partial charge is 0.216 e. The highest BCUT2D eigenvalue weighted by Crippen LogP contribution is 2.19. The highest BCUT2D eigenvalue weighted by molar-refractivity contribution is 5.72. The number of hydrogen-bond donors (Lipinski definition) is 1. The first kappa shape index (κ1) is 16.0. The van der Waals surface area contributed by atoms with Crippen molar-refractivity contribution in [3.05, 3.63) is 35.9 Å². The minimum Gasteiger partial charge on any atom is -0.374 e. The van der Waals surface area contributed by atoms with E-state index < -0.39 is 0 Å². The van der Waals surface area contributed by atoms with Gasteiger partial charge >= 0.3 is 0 Å². The van der Waals surface area contributed by atoms with E-state index >= 15 is 0 Å². The lowest BCUT2D eigenvalue weighted by atomic mass is 9.97. The molecule has 0 bridgehead atoms. The molecule has 4 heteroatoms. The van der Waals surface area contributed by atoms with Crippen molar-refractivity contribution in [3.63, 3.8) is 0 Å². The number of carbonyl (C=O) groups is 1. The van der Waals surface area contributed by atoms with Crippen molar-refractivity contribution >= 4 is 5.91 Å². The number of amides is 1. The zero-order chi connectivity index (χ0) is 15.1. The van der Waals surface area contributed by atoms with Crippen LogP contribution in [0.2, 0.25) is 0 Å². The van der Waals surface area contributed by atoms with Crippen molar-refractivity contribution < 1.29 is 9.53 Å². The Balaban J connectivity index is 1.74. The van der Waals surface area contributed by atoms with Crippen LogP contribution in [0.3, 0.4) is 0 Å². The van der Waals surface area contributed by atoms with Gasteiger partial charge in [-0.3, -0.25) is 9.69 Å². The molecule has 1 aliphatic rings. The van der Waals surface area contributed by atoms with E-state index in [2.05, 4.69) is 47.5 Å². The van der Waals surface area contributed by atoms with E-state index in [1.165, 1.54) is 5.56 Å². The molecule has 2 rings (SSSR count). The Hall–Kier alpha value is -1.39. The fraction of sp³-hybridized carbons (Fsp3) is 0.588. The Morgan fingerprint density at radius 2 is 2.19 bits per heavy atom. The molecule has 1 N–H and O–H groups in total. The average molecular weight is 290 g/mol. The van der Waals surface area contributed by atoms with Crippen molar-refractivity contribution in [2.75, 3.05) is 32.8 Å². The highest BCUT2D eigenvalue weighted by Gasteiger charge is 2.20. The van der Waals surface area contributed by atoms with Crippen LogP contribution in [-0.2, 0) is 9.53 Å². The van der Waals surface area contributed by atoms with E-state index in [1.54, 1.807) is 6.92 Å². The van der Waals surface area contributed by atoms with Crippen molar-refractivity contribution in [2.24, 2.45) is 0 Å². The molecule has 0 aromatic heterocycles.